The van der Waals surface area contributed by atoms with Crippen molar-refractivity contribution in [3.8, 4) is 0 Å². The lowest BCUT2D eigenvalue weighted by molar-refractivity contribution is -0.144. The molecule has 0 radical (unpaired) electrons. The molecule has 0 aliphatic rings. The van der Waals surface area contributed by atoms with E-state index in [-0.39, 0.29) is 18.6 Å². The highest BCUT2D eigenvalue weighted by Gasteiger charge is 2.15. The summed E-state index contributed by atoms with van der Waals surface area (Å²) in [6, 6.07) is 3.85. The molecule has 0 saturated carbocycles. The number of aryl methyl sites for hydroxylation is 2. The van der Waals surface area contributed by atoms with E-state index in [1.54, 1.807) is 0 Å². The number of carbonyl (C=O) groups excluding carboxylic acids is 1. The van der Waals surface area contributed by atoms with E-state index in [2.05, 4.69) is 44.0 Å². The second-order valence-electron chi connectivity index (χ2n) is 6.19. The first-order chi connectivity index (χ1) is 11.6. The summed E-state index contributed by atoms with van der Waals surface area (Å²) in [6.07, 6.45) is 0. The molecule has 1 aromatic carbocycles. The van der Waals surface area contributed by atoms with Gasteiger partial charge in [0, 0.05) is 12.2 Å². The summed E-state index contributed by atoms with van der Waals surface area (Å²) in [4.78, 5) is 23.1. The Kier molecular flexibility index (Phi) is 10.5. The number of nitrogens with one attached hydrogen (secondary N) is 1. The number of hydrogen-bond acceptors (Lipinski definition) is 6. The molecule has 0 saturated heterocycles. The van der Waals surface area contributed by atoms with Gasteiger partial charge in [0.2, 0.25) is 0 Å². The standard InChI is InChI=1S/C16H26N2O2.C2H5NO2/c1-11-9-12(2)13(3)15(10-11)17-14(4)16(19)20-8-7-18(5)6;3-1-2(4)5/h9-10,14,17H,7-8H2,1-6H3;1,3H2,(H,4,5)/t14-;/m0./s1. The minimum Gasteiger partial charge on any atom is -0.480 e. The summed E-state index contributed by atoms with van der Waals surface area (Å²) in [5.74, 6) is -1.18. The largest absolute Gasteiger partial charge is 0.480 e. The number of ether oxygens (including phenoxy) is 1. The first-order valence-electron chi connectivity index (χ1n) is 8.16. The molecular formula is C18H31N3O4. The smallest absolute Gasteiger partial charge is 0.328 e. The molecular weight excluding hydrogens is 322 g/mol. The highest BCUT2D eigenvalue weighted by atomic mass is 16.5. The number of anilines is 1. The van der Waals surface area contributed by atoms with Crippen molar-refractivity contribution < 1.29 is 19.4 Å². The second kappa shape index (κ2) is 11.4. The Morgan fingerprint density at radius 2 is 1.84 bits per heavy atom. The van der Waals surface area contributed by atoms with E-state index in [0.717, 1.165) is 12.2 Å². The summed E-state index contributed by atoms with van der Waals surface area (Å²) in [5, 5.41) is 10.8. The molecule has 4 N–H and O–H groups in total. The maximum absolute atomic E-state index is 11.9. The lowest BCUT2D eigenvalue weighted by Gasteiger charge is -2.18. The fourth-order valence-corrected chi connectivity index (χ4v) is 1.94. The Balaban J connectivity index is 0.00000101. The lowest BCUT2D eigenvalue weighted by Crippen LogP contribution is -2.30. The molecule has 0 spiro atoms. The molecule has 0 unspecified atom stereocenters. The zero-order valence-corrected chi connectivity index (χ0v) is 16.0. The highest BCUT2D eigenvalue weighted by molar-refractivity contribution is 5.79. The van der Waals surface area contributed by atoms with Crippen molar-refractivity contribution >= 4 is 17.6 Å². The third-order valence-corrected chi connectivity index (χ3v) is 3.49. The Labute approximate surface area is 150 Å². The summed E-state index contributed by atoms with van der Waals surface area (Å²) < 4.78 is 5.24. The van der Waals surface area contributed by atoms with Crippen molar-refractivity contribution in [3.05, 3.63) is 28.8 Å². The van der Waals surface area contributed by atoms with Gasteiger partial charge in [-0.25, -0.2) is 4.79 Å². The Bertz CT molecular complexity index is 574. The van der Waals surface area contributed by atoms with Crippen LogP contribution < -0.4 is 11.1 Å². The summed E-state index contributed by atoms with van der Waals surface area (Å²) in [5.41, 5.74) is 9.15. The number of benzene rings is 1. The van der Waals surface area contributed by atoms with E-state index >= 15 is 0 Å². The molecule has 25 heavy (non-hydrogen) atoms. The molecule has 0 aliphatic carbocycles. The van der Waals surface area contributed by atoms with Gasteiger partial charge >= 0.3 is 11.9 Å². The van der Waals surface area contributed by atoms with Gasteiger partial charge in [0.05, 0.1) is 6.54 Å². The number of likely N-dealkylation sites (N-methyl/N-ethyl adjacent to an activating group) is 1. The van der Waals surface area contributed by atoms with Gasteiger partial charge in [-0.2, -0.15) is 0 Å². The number of nitrogens with two attached hydrogens (primary N) is 1. The van der Waals surface area contributed by atoms with E-state index in [4.69, 9.17) is 9.84 Å². The number of nitrogens with zero attached hydrogens (tertiary/aromatic N) is 1. The number of rotatable bonds is 7. The SMILES string of the molecule is Cc1cc(C)c(C)c(N[C@@H](C)C(=O)OCCN(C)C)c1.NCC(=O)O. The minimum absolute atomic E-state index is 0.217. The number of hydrogen-bond donors (Lipinski definition) is 3. The van der Waals surface area contributed by atoms with Crippen LogP contribution in [0.15, 0.2) is 12.1 Å². The highest BCUT2D eigenvalue weighted by Crippen LogP contribution is 2.21. The maximum atomic E-state index is 11.9. The van der Waals surface area contributed by atoms with Crippen molar-refractivity contribution in [3.63, 3.8) is 0 Å². The first kappa shape index (κ1) is 22.9. The van der Waals surface area contributed by atoms with E-state index in [9.17, 15) is 9.59 Å². The van der Waals surface area contributed by atoms with Crippen molar-refractivity contribution in [1.29, 1.82) is 0 Å². The van der Waals surface area contributed by atoms with Crippen LogP contribution in [0.1, 0.15) is 23.6 Å². The molecule has 1 rings (SSSR count). The number of carboxylic acid groups (broad SMARTS) is 1. The van der Waals surface area contributed by atoms with Gasteiger partial charge in [-0.1, -0.05) is 6.07 Å². The molecule has 7 nitrogen and oxygen atoms in total. The molecule has 1 aromatic rings. The number of esters is 1. The van der Waals surface area contributed by atoms with Gasteiger partial charge < -0.3 is 25.8 Å². The van der Waals surface area contributed by atoms with Crippen molar-refractivity contribution in [2.75, 3.05) is 39.1 Å². The van der Waals surface area contributed by atoms with Crippen LogP contribution in [0.5, 0.6) is 0 Å². The van der Waals surface area contributed by atoms with Crippen LogP contribution >= 0.6 is 0 Å². The molecule has 1 atom stereocenters. The van der Waals surface area contributed by atoms with Gasteiger partial charge in [0.25, 0.3) is 0 Å². The molecule has 0 aromatic heterocycles. The van der Waals surface area contributed by atoms with E-state index in [1.807, 2.05) is 25.9 Å². The third kappa shape index (κ3) is 9.69. The molecule has 0 bridgehead atoms. The molecule has 7 heteroatoms. The lowest BCUT2D eigenvalue weighted by atomic mass is 10.0. The quantitative estimate of drug-likeness (QED) is 0.639. The van der Waals surface area contributed by atoms with Crippen LogP contribution in [0.25, 0.3) is 0 Å². The number of carbonyl (C=O) groups is 2. The second-order valence-corrected chi connectivity index (χ2v) is 6.19. The maximum Gasteiger partial charge on any atom is 0.328 e. The summed E-state index contributed by atoms with van der Waals surface area (Å²) >= 11 is 0. The molecule has 0 heterocycles. The predicted octanol–water partition coefficient (Wildman–Crippen LogP) is 1.55. The minimum atomic E-state index is -0.968. The van der Waals surface area contributed by atoms with Gasteiger partial charge in [-0.15, -0.1) is 0 Å². The van der Waals surface area contributed by atoms with Crippen LogP contribution in [-0.4, -0.2) is 61.8 Å². The monoisotopic (exact) mass is 353 g/mol. The number of aliphatic carboxylic acids is 1. The molecule has 142 valence electrons. The Morgan fingerprint density at radius 1 is 1.28 bits per heavy atom. The molecule has 0 fully saturated rings. The van der Waals surface area contributed by atoms with E-state index in [1.165, 1.54) is 16.7 Å². The summed E-state index contributed by atoms with van der Waals surface area (Å²) in [6.45, 7) is 8.90. The topological polar surface area (TPSA) is 105 Å². The zero-order chi connectivity index (χ0) is 19.6. The van der Waals surface area contributed by atoms with Crippen molar-refractivity contribution in [2.24, 2.45) is 5.73 Å². The fourth-order valence-electron chi connectivity index (χ4n) is 1.94. The van der Waals surface area contributed by atoms with Crippen LogP contribution in [0.2, 0.25) is 0 Å². The van der Waals surface area contributed by atoms with Gasteiger partial charge in [-0.3, -0.25) is 4.79 Å². The van der Waals surface area contributed by atoms with Crippen LogP contribution in [0.3, 0.4) is 0 Å². The molecule has 0 amide bonds. The van der Waals surface area contributed by atoms with Crippen LogP contribution in [0.4, 0.5) is 5.69 Å². The van der Waals surface area contributed by atoms with Crippen LogP contribution in [0, 0.1) is 20.8 Å². The number of carboxylic acids is 1. The van der Waals surface area contributed by atoms with Crippen molar-refractivity contribution in [1.82, 2.24) is 4.90 Å². The normalized spacial score (nSPS) is 11.4. The third-order valence-electron chi connectivity index (χ3n) is 3.49. The van der Waals surface area contributed by atoms with Gasteiger partial charge in [0.1, 0.15) is 12.6 Å². The fraction of sp³-hybridized carbons (Fsp3) is 0.556. The Morgan fingerprint density at radius 3 is 2.32 bits per heavy atom. The Hall–Kier alpha value is -2.12. The van der Waals surface area contributed by atoms with Gasteiger partial charge in [0.15, 0.2) is 0 Å². The van der Waals surface area contributed by atoms with E-state index in [0.29, 0.717) is 6.61 Å². The average molecular weight is 353 g/mol. The first-order valence-corrected chi connectivity index (χ1v) is 8.16. The average Bonchev–Trinajstić information content (AvgIpc) is 2.52. The van der Waals surface area contributed by atoms with Crippen molar-refractivity contribution in [2.45, 2.75) is 33.7 Å². The molecule has 0 aliphatic heterocycles. The van der Waals surface area contributed by atoms with Crippen LogP contribution in [-0.2, 0) is 14.3 Å². The summed E-state index contributed by atoms with van der Waals surface area (Å²) in [7, 11) is 3.91. The zero-order valence-electron chi connectivity index (χ0n) is 16.0. The van der Waals surface area contributed by atoms with E-state index < -0.39 is 5.97 Å². The van der Waals surface area contributed by atoms with Gasteiger partial charge in [-0.05, 0) is 64.5 Å². The predicted molar refractivity (Wildman–Crippen MR) is 99.9 cm³/mol.